The van der Waals surface area contributed by atoms with Crippen LogP contribution >= 0.6 is 0 Å². The van der Waals surface area contributed by atoms with E-state index in [4.69, 9.17) is 0 Å². The second-order valence-electron chi connectivity index (χ2n) is 6.15. The van der Waals surface area contributed by atoms with Gasteiger partial charge in [-0.1, -0.05) is 44.2 Å². The lowest BCUT2D eigenvalue weighted by Gasteiger charge is -2.33. The van der Waals surface area contributed by atoms with Crippen molar-refractivity contribution >= 4 is 0 Å². The minimum absolute atomic E-state index is 0.555. The molecule has 1 N–H and O–H groups in total. The topological polar surface area (TPSA) is 15.3 Å². The van der Waals surface area contributed by atoms with Crippen molar-refractivity contribution in [1.82, 2.24) is 10.2 Å². The highest BCUT2D eigenvalue weighted by Crippen LogP contribution is 2.11. The first kappa shape index (κ1) is 16.2. The Morgan fingerprint density at radius 1 is 0.947 bits per heavy atom. The predicted octanol–water partition coefficient (Wildman–Crippen LogP) is 3.53. The van der Waals surface area contributed by atoms with E-state index >= 15 is 0 Å². The van der Waals surface area contributed by atoms with Crippen LogP contribution in [0.4, 0.5) is 0 Å². The standard InChI is InChI=1S/C17H30N2/c1-14(2)11-18-12-16(5)19(15(3)4)13-17-9-7-6-8-10-17/h6-10,14-16,18H,11-13H2,1-5H3. The van der Waals surface area contributed by atoms with E-state index in [9.17, 15) is 0 Å². The third-order valence-corrected chi connectivity index (χ3v) is 3.43. The van der Waals surface area contributed by atoms with Crippen LogP contribution in [0.2, 0.25) is 0 Å². The van der Waals surface area contributed by atoms with Crippen LogP contribution in [0.1, 0.15) is 40.2 Å². The quantitative estimate of drug-likeness (QED) is 0.771. The minimum Gasteiger partial charge on any atom is -0.315 e. The molecule has 0 spiro atoms. The molecule has 2 heteroatoms. The third kappa shape index (κ3) is 6.22. The summed E-state index contributed by atoms with van der Waals surface area (Å²) in [6.07, 6.45) is 0. The van der Waals surface area contributed by atoms with Crippen molar-refractivity contribution in [1.29, 1.82) is 0 Å². The summed E-state index contributed by atoms with van der Waals surface area (Å²) in [4.78, 5) is 2.56. The summed E-state index contributed by atoms with van der Waals surface area (Å²) in [5, 5.41) is 3.56. The maximum absolute atomic E-state index is 3.56. The van der Waals surface area contributed by atoms with E-state index < -0.39 is 0 Å². The first-order valence-corrected chi connectivity index (χ1v) is 7.51. The second kappa shape index (κ2) is 8.34. The zero-order chi connectivity index (χ0) is 14.3. The van der Waals surface area contributed by atoms with Crippen LogP contribution < -0.4 is 5.32 Å². The number of rotatable bonds is 8. The summed E-state index contributed by atoms with van der Waals surface area (Å²) in [6.45, 7) is 14.6. The number of nitrogens with zero attached hydrogens (tertiary/aromatic N) is 1. The average molecular weight is 262 g/mol. The molecule has 0 bridgehead atoms. The molecular formula is C17H30N2. The van der Waals surface area contributed by atoms with Gasteiger partial charge < -0.3 is 5.32 Å². The van der Waals surface area contributed by atoms with Crippen molar-refractivity contribution in [3.63, 3.8) is 0 Å². The van der Waals surface area contributed by atoms with E-state index in [0.717, 1.165) is 19.6 Å². The normalized spacial score (nSPS) is 13.5. The largest absolute Gasteiger partial charge is 0.315 e. The predicted molar refractivity (Wildman–Crippen MR) is 84.3 cm³/mol. The molecule has 1 unspecified atom stereocenters. The minimum atomic E-state index is 0.555. The van der Waals surface area contributed by atoms with Gasteiger partial charge in [-0.2, -0.15) is 0 Å². The monoisotopic (exact) mass is 262 g/mol. The molecule has 0 heterocycles. The van der Waals surface area contributed by atoms with Crippen LogP contribution in [0.5, 0.6) is 0 Å². The van der Waals surface area contributed by atoms with Crippen molar-refractivity contribution in [2.45, 2.75) is 53.2 Å². The zero-order valence-electron chi connectivity index (χ0n) is 13.2. The SMILES string of the molecule is CC(C)CNCC(C)N(Cc1ccccc1)C(C)C. The van der Waals surface area contributed by atoms with Gasteiger partial charge in [0, 0.05) is 25.2 Å². The van der Waals surface area contributed by atoms with Gasteiger partial charge in [0.1, 0.15) is 0 Å². The van der Waals surface area contributed by atoms with E-state index in [1.807, 2.05) is 0 Å². The van der Waals surface area contributed by atoms with E-state index in [1.54, 1.807) is 0 Å². The Morgan fingerprint density at radius 3 is 2.11 bits per heavy atom. The maximum Gasteiger partial charge on any atom is 0.0239 e. The first-order chi connectivity index (χ1) is 9.00. The van der Waals surface area contributed by atoms with E-state index in [1.165, 1.54) is 5.56 Å². The van der Waals surface area contributed by atoms with Gasteiger partial charge in [-0.15, -0.1) is 0 Å². The van der Waals surface area contributed by atoms with Gasteiger partial charge >= 0.3 is 0 Å². The van der Waals surface area contributed by atoms with Crippen molar-refractivity contribution in [2.24, 2.45) is 5.92 Å². The van der Waals surface area contributed by atoms with Gasteiger partial charge in [-0.25, -0.2) is 0 Å². The fourth-order valence-electron chi connectivity index (χ4n) is 2.34. The summed E-state index contributed by atoms with van der Waals surface area (Å²) >= 11 is 0. The third-order valence-electron chi connectivity index (χ3n) is 3.43. The number of benzene rings is 1. The van der Waals surface area contributed by atoms with Crippen LogP contribution in [-0.2, 0) is 6.54 Å². The van der Waals surface area contributed by atoms with E-state index in [-0.39, 0.29) is 0 Å². The average Bonchev–Trinajstić information content (AvgIpc) is 2.36. The van der Waals surface area contributed by atoms with Gasteiger partial charge in [-0.05, 0) is 38.8 Å². The number of hydrogen-bond acceptors (Lipinski definition) is 2. The molecule has 2 nitrogen and oxygen atoms in total. The molecule has 0 fully saturated rings. The summed E-state index contributed by atoms with van der Waals surface area (Å²) in [5.74, 6) is 0.717. The Labute approximate surface area is 119 Å². The van der Waals surface area contributed by atoms with Crippen LogP contribution in [0, 0.1) is 5.92 Å². The number of hydrogen-bond donors (Lipinski definition) is 1. The molecule has 0 radical (unpaired) electrons. The highest BCUT2D eigenvalue weighted by Gasteiger charge is 2.17. The van der Waals surface area contributed by atoms with Gasteiger partial charge in [0.2, 0.25) is 0 Å². The molecule has 1 atom stereocenters. The molecule has 1 aromatic rings. The van der Waals surface area contributed by atoms with Crippen molar-refractivity contribution < 1.29 is 0 Å². The Bertz CT molecular complexity index is 332. The fraction of sp³-hybridized carbons (Fsp3) is 0.647. The van der Waals surface area contributed by atoms with Gasteiger partial charge in [0.25, 0.3) is 0 Å². The molecule has 0 saturated carbocycles. The smallest absolute Gasteiger partial charge is 0.0239 e. The highest BCUT2D eigenvalue weighted by molar-refractivity contribution is 5.14. The lowest BCUT2D eigenvalue weighted by Crippen LogP contribution is -2.44. The number of nitrogens with one attached hydrogen (secondary N) is 1. The van der Waals surface area contributed by atoms with Gasteiger partial charge in [0.15, 0.2) is 0 Å². The lowest BCUT2D eigenvalue weighted by atomic mass is 10.1. The molecule has 108 valence electrons. The van der Waals surface area contributed by atoms with Gasteiger partial charge in [0.05, 0.1) is 0 Å². The summed E-state index contributed by atoms with van der Waals surface area (Å²) in [5.41, 5.74) is 1.40. The second-order valence-corrected chi connectivity index (χ2v) is 6.15. The summed E-state index contributed by atoms with van der Waals surface area (Å²) in [6, 6.07) is 11.9. The molecule has 19 heavy (non-hydrogen) atoms. The summed E-state index contributed by atoms with van der Waals surface area (Å²) < 4.78 is 0. The van der Waals surface area contributed by atoms with Crippen LogP contribution in [0.15, 0.2) is 30.3 Å². The van der Waals surface area contributed by atoms with Crippen molar-refractivity contribution in [3.8, 4) is 0 Å². The molecular weight excluding hydrogens is 232 g/mol. The Hall–Kier alpha value is -0.860. The lowest BCUT2D eigenvalue weighted by molar-refractivity contribution is 0.151. The molecule has 0 saturated heterocycles. The molecule has 0 aliphatic heterocycles. The van der Waals surface area contributed by atoms with Crippen molar-refractivity contribution in [2.75, 3.05) is 13.1 Å². The van der Waals surface area contributed by atoms with Crippen molar-refractivity contribution in [3.05, 3.63) is 35.9 Å². The van der Waals surface area contributed by atoms with E-state index in [0.29, 0.717) is 18.0 Å². The Kier molecular flexibility index (Phi) is 7.11. The van der Waals surface area contributed by atoms with Crippen LogP contribution in [0.3, 0.4) is 0 Å². The first-order valence-electron chi connectivity index (χ1n) is 7.51. The maximum atomic E-state index is 3.56. The zero-order valence-corrected chi connectivity index (χ0v) is 13.2. The van der Waals surface area contributed by atoms with Crippen LogP contribution in [-0.4, -0.2) is 30.1 Å². The molecule has 0 amide bonds. The van der Waals surface area contributed by atoms with Gasteiger partial charge in [-0.3, -0.25) is 4.90 Å². The molecule has 0 aliphatic rings. The highest BCUT2D eigenvalue weighted by atomic mass is 15.2. The van der Waals surface area contributed by atoms with Crippen LogP contribution in [0.25, 0.3) is 0 Å². The Morgan fingerprint density at radius 2 is 1.58 bits per heavy atom. The van der Waals surface area contributed by atoms with E-state index in [2.05, 4.69) is 75.2 Å². The Balaban J connectivity index is 2.52. The molecule has 0 aliphatic carbocycles. The molecule has 0 aromatic heterocycles. The fourth-order valence-corrected chi connectivity index (χ4v) is 2.34. The summed E-state index contributed by atoms with van der Waals surface area (Å²) in [7, 11) is 0. The molecule has 1 aromatic carbocycles. The molecule has 1 rings (SSSR count).